The second-order valence-corrected chi connectivity index (χ2v) is 15.4. The first-order valence-electron chi connectivity index (χ1n) is 20.4. The molecule has 58 heavy (non-hydrogen) atoms. The Bertz CT molecular complexity index is 2020. The summed E-state index contributed by atoms with van der Waals surface area (Å²) >= 11 is 0. The molecule has 1 fully saturated rings. The number of likely N-dealkylation sites (tertiary alicyclic amines) is 1. The normalized spacial score (nSPS) is 14.6. The van der Waals surface area contributed by atoms with Gasteiger partial charge in [0.2, 0.25) is 5.91 Å². The average molecular weight is 783 g/mol. The van der Waals surface area contributed by atoms with Crippen molar-refractivity contribution in [2.45, 2.75) is 50.0 Å². The van der Waals surface area contributed by atoms with Crippen LogP contribution in [0.4, 0.5) is 4.79 Å². The number of nitrogens with one attached hydrogen (secondary N) is 1. The number of carbonyl (C=O) groups is 2. The zero-order chi connectivity index (χ0) is 40.4. The summed E-state index contributed by atoms with van der Waals surface area (Å²) in [6.45, 7) is 2.11. The molecule has 5 aromatic carbocycles. The molecule has 0 atom stereocenters. The molecule has 7 rings (SSSR count). The van der Waals surface area contributed by atoms with Crippen LogP contribution in [0.3, 0.4) is 0 Å². The smallest absolute Gasteiger partial charge is 0.407 e. The van der Waals surface area contributed by atoms with Gasteiger partial charge in [0.05, 0.1) is 27.4 Å². The van der Waals surface area contributed by atoms with Crippen molar-refractivity contribution in [2.24, 2.45) is 5.41 Å². The Morgan fingerprint density at radius 1 is 0.707 bits per heavy atom. The Kier molecular flexibility index (Phi) is 13.1. The number of rotatable bonds is 17. The molecule has 1 aliphatic heterocycles. The minimum absolute atomic E-state index is 0.0237. The second kappa shape index (κ2) is 18.7. The van der Waals surface area contributed by atoms with Crippen molar-refractivity contribution in [3.05, 3.63) is 155 Å². The fraction of sp³-hybridized carbons (Fsp3) is 0.347. The third-order valence-corrected chi connectivity index (χ3v) is 12.0. The number of unbranched alkanes of at least 4 members (excludes halogenated alkanes) is 2. The van der Waals surface area contributed by atoms with Crippen LogP contribution in [0.25, 0.3) is 11.1 Å². The van der Waals surface area contributed by atoms with Crippen molar-refractivity contribution < 1.29 is 33.6 Å². The van der Waals surface area contributed by atoms with Crippen LogP contribution in [-0.2, 0) is 19.9 Å². The number of nitrogens with zero attached hydrogens (tertiary/aromatic N) is 1. The molecule has 0 radical (unpaired) electrons. The van der Waals surface area contributed by atoms with E-state index in [1.54, 1.807) is 14.2 Å². The zero-order valence-corrected chi connectivity index (χ0v) is 33.5. The van der Waals surface area contributed by atoms with Crippen LogP contribution in [0.1, 0.15) is 72.3 Å². The Labute approximate surface area is 341 Å². The Hall–Kier alpha value is -5.64. The molecule has 1 heterocycles. The monoisotopic (exact) mass is 782 g/mol. The molecular weight excluding hydrogens is 729 g/mol. The fourth-order valence-corrected chi connectivity index (χ4v) is 8.49. The predicted octanol–water partition coefficient (Wildman–Crippen LogP) is 8.71. The number of piperidine rings is 1. The largest absolute Gasteiger partial charge is 0.497 e. The number of methoxy groups -OCH3 is 2. The second-order valence-electron chi connectivity index (χ2n) is 15.4. The van der Waals surface area contributed by atoms with E-state index in [0.717, 1.165) is 47.5 Å². The minimum Gasteiger partial charge on any atom is -0.497 e. The lowest BCUT2D eigenvalue weighted by Crippen LogP contribution is -2.48. The summed E-state index contributed by atoms with van der Waals surface area (Å²) < 4.78 is 23.8. The number of carbonyl (C=O) groups excluding carboxylic acids is 2. The van der Waals surface area contributed by atoms with Crippen molar-refractivity contribution >= 4 is 12.0 Å². The summed E-state index contributed by atoms with van der Waals surface area (Å²) in [5.74, 6) is 1.63. The molecule has 302 valence electrons. The lowest BCUT2D eigenvalue weighted by Gasteiger charge is -2.44. The van der Waals surface area contributed by atoms with E-state index in [1.807, 2.05) is 95.9 Å². The van der Waals surface area contributed by atoms with E-state index in [2.05, 4.69) is 41.7 Å². The van der Waals surface area contributed by atoms with Crippen molar-refractivity contribution in [1.82, 2.24) is 10.2 Å². The standard InChI is InChI=1S/C49H54N2O7/c1-55-39-24-20-37(21-25-39)49(36-13-5-3-6-14-36,38-22-26-40(56-2)27-23-38)58-35-48(34-52)28-31-51(32-29-48)46(53)19-7-4-12-30-50-47(54)57-33-45-43-17-10-8-15-41(43)42-16-9-11-18-44(42)45/h3,5-6,8-11,13-18,20-27,45,52H,4,7,12,19,28-35H2,1-2H3,(H,50,54). The van der Waals surface area contributed by atoms with E-state index in [9.17, 15) is 14.7 Å². The van der Waals surface area contributed by atoms with Crippen LogP contribution in [0.5, 0.6) is 11.5 Å². The molecule has 9 heteroatoms. The average Bonchev–Trinajstić information content (AvgIpc) is 3.61. The van der Waals surface area contributed by atoms with Gasteiger partial charge in [-0.3, -0.25) is 4.79 Å². The van der Waals surface area contributed by atoms with Gasteiger partial charge in [-0.2, -0.15) is 0 Å². The van der Waals surface area contributed by atoms with Gasteiger partial charge in [-0.15, -0.1) is 0 Å². The van der Waals surface area contributed by atoms with E-state index in [1.165, 1.54) is 22.3 Å². The highest BCUT2D eigenvalue weighted by Crippen LogP contribution is 2.46. The molecule has 5 aromatic rings. The minimum atomic E-state index is -0.991. The number of fused-ring (bicyclic) bond motifs is 3. The molecule has 9 nitrogen and oxygen atoms in total. The van der Waals surface area contributed by atoms with Crippen molar-refractivity contribution in [3.63, 3.8) is 0 Å². The number of alkyl carbamates (subject to hydrolysis) is 1. The van der Waals surface area contributed by atoms with E-state index >= 15 is 0 Å². The van der Waals surface area contributed by atoms with E-state index in [4.69, 9.17) is 18.9 Å². The van der Waals surface area contributed by atoms with Crippen LogP contribution in [0, 0.1) is 5.41 Å². The Morgan fingerprint density at radius 3 is 1.79 bits per heavy atom. The molecule has 1 aliphatic carbocycles. The SMILES string of the molecule is COc1ccc(C(OCC2(CO)CCN(C(=O)CCCCCNC(=O)OCC3c4ccccc4-c4ccccc43)CC2)(c2ccccc2)c2ccc(OC)cc2)cc1. The number of hydrogen-bond donors (Lipinski definition) is 2. The van der Waals surface area contributed by atoms with Gasteiger partial charge < -0.3 is 34.3 Å². The quantitative estimate of drug-likeness (QED) is 0.0718. The van der Waals surface area contributed by atoms with E-state index in [0.29, 0.717) is 38.9 Å². The topological polar surface area (TPSA) is 107 Å². The summed E-state index contributed by atoms with van der Waals surface area (Å²) in [5.41, 5.74) is 6.07. The van der Waals surface area contributed by atoms with Crippen LogP contribution in [0.2, 0.25) is 0 Å². The van der Waals surface area contributed by atoms with Gasteiger partial charge in [-0.1, -0.05) is 110 Å². The molecule has 2 aliphatic rings. The molecule has 0 spiro atoms. The van der Waals surface area contributed by atoms with Crippen molar-refractivity contribution in [3.8, 4) is 22.6 Å². The molecule has 2 amide bonds. The Morgan fingerprint density at radius 2 is 1.24 bits per heavy atom. The number of aliphatic hydroxyl groups is 1. The zero-order valence-electron chi connectivity index (χ0n) is 33.5. The summed E-state index contributed by atoms with van der Waals surface area (Å²) in [4.78, 5) is 27.8. The first kappa shape index (κ1) is 40.6. The third-order valence-electron chi connectivity index (χ3n) is 12.0. The van der Waals surface area contributed by atoms with Crippen molar-refractivity contribution in [1.29, 1.82) is 0 Å². The van der Waals surface area contributed by atoms with Gasteiger partial charge in [0.15, 0.2) is 0 Å². The first-order chi connectivity index (χ1) is 28.4. The first-order valence-corrected chi connectivity index (χ1v) is 20.4. The predicted molar refractivity (Wildman–Crippen MR) is 225 cm³/mol. The van der Waals surface area contributed by atoms with Gasteiger partial charge in [0.1, 0.15) is 23.7 Å². The summed E-state index contributed by atoms with van der Waals surface area (Å²) in [6.07, 6.45) is 3.57. The number of hydrogen-bond acceptors (Lipinski definition) is 7. The molecule has 1 saturated heterocycles. The van der Waals surface area contributed by atoms with Crippen LogP contribution >= 0.6 is 0 Å². The Balaban J connectivity index is 0.897. The highest BCUT2D eigenvalue weighted by Gasteiger charge is 2.43. The third kappa shape index (κ3) is 8.76. The van der Waals surface area contributed by atoms with Gasteiger partial charge in [0, 0.05) is 37.4 Å². The van der Waals surface area contributed by atoms with Gasteiger partial charge >= 0.3 is 6.09 Å². The maximum absolute atomic E-state index is 13.3. The number of amides is 2. The molecular formula is C49H54N2O7. The van der Waals surface area contributed by atoms with E-state index < -0.39 is 17.1 Å². The van der Waals surface area contributed by atoms with Crippen LogP contribution < -0.4 is 14.8 Å². The van der Waals surface area contributed by atoms with Crippen LogP contribution in [-0.4, -0.2) is 75.7 Å². The number of ether oxygens (including phenoxy) is 4. The molecule has 0 unspecified atom stereocenters. The highest BCUT2D eigenvalue weighted by molar-refractivity contribution is 5.79. The molecule has 0 saturated carbocycles. The fourth-order valence-electron chi connectivity index (χ4n) is 8.49. The van der Waals surface area contributed by atoms with Crippen molar-refractivity contribution in [2.75, 3.05) is 53.7 Å². The lowest BCUT2D eigenvalue weighted by molar-refractivity contribution is -0.137. The van der Waals surface area contributed by atoms with Gasteiger partial charge in [-0.05, 0) is 88.9 Å². The van der Waals surface area contributed by atoms with Gasteiger partial charge in [-0.25, -0.2) is 4.79 Å². The highest BCUT2D eigenvalue weighted by atomic mass is 16.5. The maximum Gasteiger partial charge on any atom is 0.407 e. The lowest BCUT2D eigenvalue weighted by atomic mass is 9.77. The van der Waals surface area contributed by atoms with Gasteiger partial charge in [0.25, 0.3) is 0 Å². The maximum atomic E-state index is 13.3. The van der Waals surface area contributed by atoms with Crippen LogP contribution in [0.15, 0.2) is 127 Å². The summed E-state index contributed by atoms with van der Waals surface area (Å²) in [6, 6.07) is 42.6. The number of aliphatic hydroxyl groups excluding tert-OH is 1. The molecule has 2 N–H and O–H groups in total. The summed E-state index contributed by atoms with van der Waals surface area (Å²) in [5, 5.41) is 13.8. The van der Waals surface area contributed by atoms with E-state index in [-0.39, 0.29) is 31.6 Å². The molecule has 0 aromatic heterocycles. The number of benzene rings is 5. The molecule has 0 bridgehead atoms. The summed E-state index contributed by atoms with van der Waals surface area (Å²) in [7, 11) is 3.30.